The minimum absolute atomic E-state index is 0.189. The Morgan fingerprint density at radius 3 is 2.21 bits per heavy atom. The molecule has 2 amide bonds. The lowest BCUT2D eigenvalue weighted by molar-refractivity contribution is -0.136. The molecule has 0 aliphatic carbocycles. The van der Waals surface area contributed by atoms with Crippen LogP contribution in [0, 0.1) is 11.7 Å². The average molecular weight is 382 g/mol. The van der Waals surface area contributed by atoms with Crippen molar-refractivity contribution < 1.29 is 18.7 Å². The number of ether oxygens (including phenoxy) is 1. The molecular weight excluding hydrogens is 359 g/mol. The zero-order valence-corrected chi connectivity index (χ0v) is 16.2. The maximum atomic E-state index is 13.2. The van der Waals surface area contributed by atoms with Crippen LogP contribution in [0.5, 0.6) is 5.75 Å². The zero-order chi connectivity index (χ0) is 20.3. The van der Waals surface area contributed by atoms with Crippen molar-refractivity contribution in [3.8, 4) is 5.75 Å². The van der Waals surface area contributed by atoms with Gasteiger partial charge >= 0.3 is 0 Å². The van der Waals surface area contributed by atoms with Crippen LogP contribution in [0.4, 0.5) is 10.1 Å². The van der Waals surface area contributed by atoms with Gasteiger partial charge < -0.3 is 10.1 Å². The number of rotatable bonds is 7. The first-order valence-electron chi connectivity index (χ1n) is 9.27. The number of hydrogen-bond donors (Lipinski definition) is 1. The van der Waals surface area contributed by atoms with Gasteiger partial charge in [-0.15, -0.1) is 0 Å². The van der Waals surface area contributed by atoms with Gasteiger partial charge in [0.05, 0.1) is 12.2 Å². The summed E-state index contributed by atoms with van der Waals surface area (Å²) in [4.78, 5) is 26.7. The van der Waals surface area contributed by atoms with Gasteiger partial charge in [-0.1, -0.05) is 26.0 Å². The average Bonchev–Trinajstić information content (AvgIpc) is 2.91. The summed E-state index contributed by atoms with van der Waals surface area (Å²) in [6.45, 7) is 6.74. The molecule has 0 bridgehead atoms. The molecule has 0 saturated heterocycles. The largest absolute Gasteiger partial charge is 0.493 e. The number of carbonyl (C=O) groups is 2. The number of imide groups is 1. The molecule has 2 aromatic rings. The molecule has 1 aliphatic heterocycles. The summed E-state index contributed by atoms with van der Waals surface area (Å²) in [6, 6.07) is 12.7. The molecule has 1 N–H and O–H groups in total. The molecule has 0 radical (unpaired) electrons. The smallest absolute Gasteiger partial charge is 0.278 e. The molecule has 28 heavy (non-hydrogen) atoms. The van der Waals surface area contributed by atoms with Crippen molar-refractivity contribution >= 4 is 23.1 Å². The van der Waals surface area contributed by atoms with Gasteiger partial charge in [0.15, 0.2) is 0 Å². The molecular formula is C22H23FN2O3. The molecule has 1 heterocycles. The van der Waals surface area contributed by atoms with Crippen molar-refractivity contribution in [2.75, 3.05) is 18.5 Å². The summed E-state index contributed by atoms with van der Waals surface area (Å²) < 4.78 is 18.8. The van der Waals surface area contributed by atoms with Crippen molar-refractivity contribution in [2.45, 2.75) is 20.8 Å². The fraction of sp³-hybridized carbons (Fsp3) is 0.273. The van der Waals surface area contributed by atoms with Crippen LogP contribution in [0.25, 0.3) is 5.57 Å². The van der Waals surface area contributed by atoms with E-state index in [4.69, 9.17) is 4.74 Å². The molecule has 146 valence electrons. The Labute approximate surface area is 163 Å². The van der Waals surface area contributed by atoms with Crippen LogP contribution in [0.15, 0.2) is 54.2 Å². The Hall–Kier alpha value is -3.15. The highest BCUT2D eigenvalue weighted by atomic mass is 19.1. The van der Waals surface area contributed by atoms with E-state index < -0.39 is 5.91 Å². The third-order valence-electron chi connectivity index (χ3n) is 4.32. The number of likely N-dealkylation sites (N-methyl/N-ethyl adjacent to an activating group) is 1. The topological polar surface area (TPSA) is 58.6 Å². The molecule has 1 aliphatic rings. The fourth-order valence-electron chi connectivity index (χ4n) is 2.91. The van der Waals surface area contributed by atoms with Gasteiger partial charge in [0, 0.05) is 12.2 Å². The van der Waals surface area contributed by atoms with Gasteiger partial charge in [-0.25, -0.2) is 4.39 Å². The van der Waals surface area contributed by atoms with Crippen molar-refractivity contribution in [3.63, 3.8) is 0 Å². The predicted octanol–water partition coefficient (Wildman–Crippen LogP) is 4.07. The molecule has 3 rings (SSSR count). The Balaban J connectivity index is 1.94. The van der Waals surface area contributed by atoms with Gasteiger partial charge in [-0.2, -0.15) is 0 Å². The Bertz CT molecular complexity index is 902. The summed E-state index contributed by atoms with van der Waals surface area (Å²) >= 11 is 0. The monoisotopic (exact) mass is 382 g/mol. The van der Waals surface area contributed by atoms with E-state index >= 15 is 0 Å². The maximum Gasteiger partial charge on any atom is 0.278 e. The Morgan fingerprint density at radius 2 is 1.64 bits per heavy atom. The molecule has 0 aromatic heterocycles. The van der Waals surface area contributed by atoms with Gasteiger partial charge in [0.1, 0.15) is 17.3 Å². The van der Waals surface area contributed by atoms with Gasteiger partial charge in [-0.05, 0) is 54.8 Å². The lowest BCUT2D eigenvalue weighted by Gasteiger charge is -2.12. The van der Waals surface area contributed by atoms with Crippen molar-refractivity contribution in [1.29, 1.82) is 0 Å². The maximum absolute atomic E-state index is 13.2. The number of benzene rings is 2. The quantitative estimate of drug-likeness (QED) is 0.734. The van der Waals surface area contributed by atoms with E-state index in [9.17, 15) is 14.0 Å². The third kappa shape index (κ3) is 4.06. The first kappa shape index (κ1) is 19.6. The van der Waals surface area contributed by atoms with E-state index in [1.807, 2.05) is 0 Å². The summed E-state index contributed by atoms with van der Waals surface area (Å²) in [6.07, 6.45) is 0. The van der Waals surface area contributed by atoms with Crippen LogP contribution in [0.2, 0.25) is 0 Å². The van der Waals surface area contributed by atoms with Crippen molar-refractivity contribution in [2.24, 2.45) is 5.92 Å². The van der Waals surface area contributed by atoms with Crippen LogP contribution in [-0.4, -0.2) is 29.9 Å². The van der Waals surface area contributed by atoms with Crippen LogP contribution in [-0.2, 0) is 9.59 Å². The second kappa shape index (κ2) is 8.25. The second-order valence-electron chi connectivity index (χ2n) is 6.97. The van der Waals surface area contributed by atoms with Crippen LogP contribution < -0.4 is 10.1 Å². The summed E-state index contributed by atoms with van der Waals surface area (Å²) in [5.74, 6) is -0.0167. The van der Waals surface area contributed by atoms with E-state index in [1.165, 1.54) is 29.2 Å². The summed E-state index contributed by atoms with van der Waals surface area (Å²) in [5.41, 5.74) is 1.64. The number of halogens is 1. The fourth-order valence-corrected chi connectivity index (χ4v) is 2.91. The van der Waals surface area contributed by atoms with E-state index in [2.05, 4.69) is 19.2 Å². The molecule has 0 atom stereocenters. The predicted molar refractivity (Wildman–Crippen MR) is 106 cm³/mol. The number of nitrogens with zero attached hydrogens (tertiary/aromatic N) is 1. The highest BCUT2D eigenvalue weighted by Gasteiger charge is 2.38. The van der Waals surface area contributed by atoms with Gasteiger partial charge in [-0.3, -0.25) is 14.5 Å². The molecule has 2 aromatic carbocycles. The molecule has 6 heteroatoms. The van der Waals surface area contributed by atoms with Crippen LogP contribution >= 0.6 is 0 Å². The molecule has 0 unspecified atom stereocenters. The number of amides is 2. The summed E-state index contributed by atoms with van der Waals surface area (Å²) in [7, 11) is 0. The summed E-state index contributed by atoms with van der Waals surface area (Å²) in [5, 5.41) is 2.99. The number of anilines is 1. The minimum atomic E-state index is -0.396. The van der Waals surface area contributed by atoms with Gasteiger partial charge in [0.2, 0.25) is 0 Å². The van der Waals surface area contributed by atoms with E-state index in [-0.39, 0.29) is 24.0 Å². The Kier molecular flexibility index (Phi) is 5.78. The molecule has 0 spiro atoms. The first-order valence-corrected chi connectivity index (χ1v) is 9.27. The Morgan fingerprint density at radius 1 is 1.00 bits per heavy atom. The number of hydrogen-bond acceptors (Lipinski definition) is 4. The third-order valence-corrected chi connectivity index (χ3v) is 4.32. The van der Waals surface area contributed by atoms with Crippen molar-refractivity contribution in [1.82, 2.24) is 4.90 Å². The van der Waals surface area contributed by atoms with Gasteiger partial charge in [0.25, 0.3) is 11.8 Å². The first-order chi connectivity index (χ1) is 13.4. The zero-order valence-electron chi connectivity index (χ0n) is 16.2. The van der Waals surface area contributed by atoms with Crippen LogP contribution in [0.1, 0.15) is 26.3 Å². The lowest BCUT2D eigenvalue weighted by atomic mass is 10.0. The SMILES string of the molecule is CCN1C(=O)C(Nc2ccc(F)cc2)=C(c2ccc(OCC(C)C)cc2)C1=O. The molecule has 5 nitrogen and oxygen atoms in total. The number of carbonyl (C=O) groups excluding carboxylic acids is 2. The van der Waals surface area contributed by atoms with Crippen LogP contribution in [0.3, 0.4) is 0 Å². The standard InChI is InChI=1S/C22H23FN2O3/c1-4-25-21(26)19(15-5-11-18(12-6-15)28-13-14(2)3)20(22(25)27)24-17-9-7-16(23)8-10-17/h5-12,14,24H,4,13H2,1-3H3. The number of nitrogens with one attached hydrogen (secondary N) is 1. The van der Waals surface area contributed by atoms with E-state index in [0.717, 1.165) is 0 Å². The highest BCUT2D eigenvalue weighted by Crippen LogP contribution is 2.31. The second-order valence-corrected chi connectivity index (χ2v) is 6.97. The molecule has 0 saturated carbocycles. The minimum Gasteiger partial charge on any atom is -0.493 e. The van der Waals surface area contributed by atoms with E-state index in [0.29, 0.717) is 35.1 Å². The van der Waals surface area contributed by atoms with E-state index in [1.54, 1.807) is 31.2 Å². The molecule has 0 fully saturated rings. The lowest BCUT2D eigenvalue weighted by Crippen LogP contribution is -2.32. The highest BCUT2D eigenvalue weighted by molar-refractivity contribution is 6.36. The normalized spacial score (nSPS) is 14.2. The van der Waals surface area contributed by atoms with Crippen molar-refractivity contribution in [3.05, 3.63) is 65.6 Å².